The minimum atomic E-state index is -0.993. The van der Waals surface area contributed by atoms with Gasteiger partial charge in [0, 0.05) is 12.5 Å². The van der Waals surface area contributed by atoms with E-state index >= 15 is 0 Å². The molecule has 8 N–H and O–H groups in total. The Morgan fingerprint density at radius 1 is 1.02 bits per heavy atom. The number of nitrogens with one attached hydrogen (secondary N) is 2. The number of hydrogen-bond acceptors (Lipinski definition) is 7. The van der Waals surface area contributed by atoms with E-state index in [2.05, 4.69) is 60.1 Å². The third-order valence-electron chi connectivity index (χ3n) is 11.6. The summed E-state index contributed by atoms with van der Waals surface area (Å²) in [6.45, 7) is 4.65. The van der Waals surface area contributed by atoms with Gasteiger partial charge in [0.2, 0.25) is 0 Å². The lowest BCUT2D eigenvalue weighted by Crippen LogP contribution is -2.33. The molecule has 0 spiro atoms. The largest absolute Gasteiger partial charge is 0.481 e. The molecule has 50 heavy (non-hydrogen) atoms. The van der Waals surface area contributed by atoms with Crippen molar-refractivity contribution in [3.8, 4) is 0 Å². The molecule has 4 rings (SSSR count). The number of rotatable bonds is 23. The first-order valence-electron chi connectivity index (χ1n) is 19.8. The van der Waals surface area contributed by atoms with Crippen molar-refractivity contribution in [3.05, 3.63) is 71.6 Å². The van der Waals surface area contributed by atoms with Gasteiger partial charge in [-0.05, 0) is 119 Å². The van der Waals surface area contributed by atoms with Crippen LogP contribution in [-0.4, -0.2) is 63.8 Å². The second-order valence-corrected chi connectivity index (χ2v) is 15.7. The van der Waals surface area contributed by atoms with Gasteiger partial charge >= 0.3 is 5.97 Å². The molecule has 0 amide bonds. The number of aliphatic hydroxyl groups is 3. The maximum atomic E-state index is 12.2. The maximum Gasteiger partial charge on any atom is 0.309 e. The third-order valence-corrected chi connectivity index (χ3v) is 11.6. The van der Waals surface area contributed by atoms with E-state index in [0.29, 0.717) is 44.0 Å². The molecule has 3 aliphatic rings. The molecule has 2 aliphatic carbocycles. The highest BCUT2D eigenvalue weighted by molar-refractivity contribution is 5.70. The van der Waals surface area contributed by atoms with Crippen LogP contribution in [0.15, 0.2) is 66.0 Å². The molecule has 1 heterocycles. The number of hydrogen-bond donors (Lipinski definition) is 7. The van der Waals surface area contributed by atoms with Gasteiger partial charge in [0.25, 0.3) is 0 Å². The lowest BCUT2D eigenvalue weighted by atomic mass is 9.81. The number of carboxylic acids is 1. The van der Waals surface area contributed by atoms with Gasteiger partial charge in [0.05, 0.1) is 29.5 Å². The van der Waals surface area contributed by atoms with E-state index in [1.807, 2.05) is 12.1 Å². The van der Waals surface area contributed by atoms with E-state index < -0.39 is 23.6 Å². The van der Waals surface area contributed by atoms with Gasteiger partial charge in [-0.3, -0.25) is 4.79 Å². The summed E-state index contributed by atoms with van der Waals surface area (Å²) < 4.78 is 0. The lowest BCUT2D eigenvalue weighted by molar-refractivity contribution is -0.146. The van der Waals surface area contributed by atoms with E-state index in [1.165, 1.54) is 30.4 Å². The van der Waals surface area contributed by atoms with Crippen molar-refractivity contribution in [2.75, 3.05) is 19.6 Å². The quantitative estimate of drug-likeness (QED) is 0.0501. The van der Waals surface area contributed by atoms with Crippen LogP contribution >= 0.6 is 0 Å². The van der Waals surface area contributed by atoms with Crippen molar-refractivity contribution in [2.45, 2.75) is 134 Å². The Kier molecular flexibility index (Phi) is 16.9. The molecule has 0 bridgehead atoms. The number of aliphatic carboxylic acids is 1. The molecule has 8 heteroatoms. The number of nitrogens with two attached hydrogens (primary N) is 1. The molecule has 280 valence electrons. The van der Waals surface area contributed by atoms with Crippen LogP contribution in [0, 0.1) is 29.6 Å². The minimum Gasteiger partial charge on any atom is -0.481 e. The standard InChI is InChI=1S/C42H67N3O5/c1-2-3-6-14-32-18-19-34(39(47)26-32)16-9-5-10-17-37(41(48)49)38(46)20-22-42(50)28-35(25-33-21-24-45-40(43)27-33)36(29-42)30-44-23-11-15-31-12-7-4-8-13-31/h4,7-8,12-13,18-19,21,27,32,34-39,44-47,50H,2-3,5-6,9-11,14-17,20,22-26,28-30,43H2,1H3,(H,48,49). The Labute approximate surface area is 301 Å². The molecule has 1 saturated carbocycles. The molecule has 1 aromatic carbocycles. The zero-order valence-corrected chi connectivity index (χ0v) is 30.7. The summed E-state index contributed by atoms with van der Waals surface area (Å²) >= 11 is 0. The van der Waals surface area contributed by atoms with Gasteiger partial charge in [-0.15, -0.1) is 0 Å². The van der Waals surface area contributed by atoms with Gasteiger partial charge < -0.3 is 36.8 Å². The SMILES string of the molecule is CCCCCC1C=CC(CCCCCC(C(=O)O)C(O)CCC2(O)CC(CNCCCc3ccccc3)C(CC3=CCNC(N)=C3)C2)C(O)C1. The molecule has 0 radical (unpaired) electrons. The van der Waals surface area contributed by atoms with Crippen molar-refractivity contribution >= 4 is 5.97 Å². The Hall–Kier alpha value is -2.65. The number of aliphatic hydroxyl groups excluding tert-OH is 2. The maximum absolute atomic E-state index is 12.2. The zero-order valence-electron chi connectivity index (χ0n) is 30.7. The van der Waals surface area contributed by atoms with E-state index in [0.717, 1.165) is 70.9 Å². The summed E-state index contributed by atoms with van der Waals surface area (Å²) in [6, 6.07) is 10.5. The first-order valence-corrected chi connectivity index (χ1v) is 19.8. The van der Waals surface area contributed by atoms with Gasteiger partial charge in [-0.2, -0.15) is 0 Å². The van der Waals surface area contributed by atoms with Crippen LogP contribution in [-0.2, 0) is 11.2 Å². The second-order valence-electron chi connectivity index (χ2n) is 15.7. The van der Waals surface area contributed by atoms with Gasteiger partial charge in [0.1, 0.15) is 0 Å². The van der Waals surface area contributed by atoms with Crippen molar-refractivity contribution in [2.24, 2.45) is 35.3 Å². The number of benzene rings is 1. The van der Waals surface area contributed by atoms with Gasteiger partial charge in [-0.1, -0.05) is 94.0 Å². The molecule has 8 atom stereocenters. The van der Waals surface area contributed by atoms with Crippen LogP contribution in [0.25, 0.3) is 0 Å². The van der Waals surface area contributed by atoms with Crippen molar-refractivity contribution in [1.82, 2.24) is 10.6 Å². The highest BCUT2D eigenvalue weighted by Crippen LogP contribution is 2.45. The van der Waals surface area contributed by atoms with Gasteiger partial charge in [0.15, 0.2) is 0 Å². The molecule has 0 saturated heterocycles. The first-order chi connectivity index (χ1) is 24.2. The van der Waals surface area contributed by atoms with Crippen LogP contribution in [0.5, 0.6) is 0 Å². The second kappa shape index (κ2) is 21.0. The molecule has 8 unspecified atom stereocenters. The van der Waals surface area contributed by atoms with E-state index in [-0.39, 0.29) is 30.3 Å². The molecule has 1 aromatic rings. The zero-order chi connectivity index (χ0) is 35.8. The average Bonchev–Trinajstić information content (AvgIpc) is 3.40. The summed E-state index contributed by atoms with van der Waals surface area (Å²) in [6.07, 6.45) is 21.8. The molecule has 0 aromatic heterocycles. The topological polar surface area (TPSA) is 148 Å². The first kappa shape index (κ1) is 40.1. The fraction of sp³-hybridized carbons (Fsp3) is 0.690. The van der Waals surface area contributed by atoms with Crippen LogP contribution in [0.1, 0.15) is 115 Å². The Morgan fingerprint density at radius 2 is 1.80 bits per heavy atom. The molecule has 1 aliphatic heterocycles. The van der Waals surface area contributed by atoms with Crippen molar-refractivity contribution in [3.63, 3.8) is 0 Å². The summed E-state index contributed by atoms with van der Waals surface area (Å²) in [7, 11) is 0. The predicted molar refractivity (Wildman–Crippen MR) is 202 cm³/mol. The summed E-state index contributed by atoms with van der Waals surface area (Å²) in [4.78, 5) is 12.2. The van der Waals surface area contributed by atoms with E-state index in [1.54, 1.807) is 0 Å². The third kappa shape index (κ3) is 13.5. The fourth-order valence-electron chi connectivity index (χ4n) is 8.65. The number of allylic oxidation sites excluding steroid dienone is 3. The monoisotopic (exact) mass is 694 g/mol. The molecular weight excluding hydrogens is 626 g/mol. The number of unbranched alkanes of at least 4 members (excludes halogenated alkanes) is 4. The van der Waals surface area contributed by atoms with Crippen LogP contribution in [0.4, 0.5) is 0 Å². The lowest BCUT2D eigenvalue weighted by Gasteiger charge is -2.28. The van der Waals surface area contributed by atoms with E-state index in [4.69, 9.17) is 5.73 Å². The van der Waals surface area contributed by atoms with Crippen LogP contribution in [0.3, 0.4) is 0 Å². The minimum absolute atomic E-state index is 0.182. The number of dihydropyridines is 1. The Morgan fingerprint density at radius 3 is 2.54 bits per heavy atom. The number of carbonyl (C=O) groups is 1. The summed E-state index contributed by atoms with van der Waals surface area (Å²) in [5, 5.41) is 50.4. The molecular formula is C42H67N3O5. The summed E-state index contributed by atoms with van der Waals surface area (Å²) in [5.41, 5.74) is 7.65. The molecule has 8 nitrogen and oxygen atoms in total. The number of aryl methyl sites for hydroxylation is 1. The van der Waals surface area contributed by atoms with Crippen LogP contribution in [0.2, 0.25) is 0 Å². The fourth-order valence-corrected chi connectivity index (χ4v) is 8.65. The Bertz CT molecular complexity index is 1240. The normalized spacial score (nSPS) is 27.7. The van der Waals surface area contributed by atoms with E-state index in [9.17, 15) is 25.2 Å². The van der Waals surface area contributed by atoms with Crippen molar-refractivity contribution < 1.29 is 25.2 Å². The molecule has 1 fully saturated rings. The summed E-state index contributed by atoms with van der Waals surface area (Å²) in [5.74, 6) is 0.0833. The van der Waals surface area contributed by atoms with Gasteiger partial charge in [-0.25, -0.2) is 0 Å². The highest BCUT2D eigenvalue weighted by atomic mass is 16.4. The Balaban J connectivity index is 1.21. The van der Waals surface area contributed by atoms with Crippen LogP contribution < -0.4 is 16.4 Å². The predicted octanol–water partition coefficient (Wildman–Crippen LogP) is 6.61. The average molecular weight is 694 g/mol. The van der Waals surface area contributed by atoms with Crippen molar-refractivity contribution in [1.29, 1.82) is 0 Å². The number of carboxylic acid groups (broad SMARTS) is 1. The smallest absolute Gasteiger partial charge is 0.309 e. The highest BCUT2D eigenvalue weighted by Gasteiger charge is 2.44.